The molecular weight excluding hydrogens is 324 g/mol. The second kappa shape index (κ2) is 6.10. The number of halogens is 1. The van der Waals surface area contributed by atoms with Crippen LogP contribution in [0.4, 0.5) is 0 Å². The van der Waals surface area contributed by atoms with Crippen molar-refractivity contribution < 1.29 is 14.6 Å². The average Bonchev–Trinajstić information content (AvgIpc) is 3.04. The van der Waals surface area contributed by atoms with Gasteiger partial charge in [0.05, 0.1) is 24.8 Å². The van der Waals surface area contributed by atoms with Crippen molar-refractivity contribution in [3.8, 4) is 0 Å². The van der Waals surface area contributed by atoms with Crippen molar-refractivity contribution in [2.24, 2.45) is 4.99 Å². The number of thioether (sulfide) groups is 1. The van der Waals surface area contributed by atoms with Crippen LogP contribution in [0.5, 0.6) is 0 Å². The molecule has 22 heavy (non-hydrogen) atoms. The van der Waals surface area contributed by atoms with E-state index in [1.54, 1.807) is 31.2 Å². The first kappa shape index (κ1) is 15.6. The third kappa shape index (κ3) is 2.59. The van der Waals surface area contributed by atoms with Crippen LogP contribution in [-0.2, 0) is 15.3 Å². The highest BCUT2D eigenvalue weighted by Crippen LogP contribution is 2.48. The fourth-order valence-electron chi connectivity index (χ4n) is 2.82. The molecule has 5 nitrogen and oxygen atoms in total. The van der Waals surface area contributed by atoms with Crippen LogP contribution in [0.25, 0.3) is 0 Å². The smallest absolute Gasteiger partial charge is 0.307 e. The Kier molecular flexibility index (Phi) is 4.34. The number of benzene rings is 1. The largest absolute Gasteiger partial charge is 0.466 e. The number of aliphatic hydroxyl groups is 1. The van der Waals surface area contributed by atoms with Gasteiger partial charge in [0.1, 0.15) is 0 Å². The van der Waals surface area contributed by atoms with Gasteiger partial charge >= 0.3 is 5.97 Å². The van der Waals surface area contributed by atoms with E-state index in [2.05, 4.69) is 4.99 Å². The van der Waals surface area contributed by atoms with E-state index in [0.717, 1.165) is 5.17 Å². The highest BCUT2D eigenvalue weighted by molar-refractivity contribution is 8.14. The maximum Gasteiger partial charge on any atom is 0.307 e. The minimum atomic E-state index is -1.27. The van der Waals surface area contributed by atoms with Gasteiger partial charge in [-0.25, -0.2) is 0 Å². The number of esters is 1. The van der Waals surface area contributed by atoms with E-state index >= 15 is 0 Å². The molecule has 2 aliphatic rings. The van der Waals surface area contributed by atoms with Gasteiger partial charge in [0.2, 0.25) is 0 Å². The molecule has 2 aliphatic heterocycles. The van der Waals surface area contributed by atoms with Crippen molar-refractivity contribution >= 4 is 34.5 Å². The Hall–Kier alpha value is -1.24. The molecule has 0 bridgehead atoms. The minimum absolute atomic E-state index is 0.132. The Morgan fingerprint density at radius 3 is 2.95 bits per heavy atom. The summed E-state index contributed by atoms with van der Waals surface area (Å²) in [5.74, 6) is -0.311. The molecule has 2 heterocycles. The number of amidine groups is 1. The van der Waals surface area contributed by atoms with Gasteiger partial charge in [-0.2, -0.15) is 0 Å². The van der Waals surface area contributed by atoms with E-state index < -0.39 is 5.72 Å². The molecule has 0 spiro atoms. The van der Waals surface area contributed by atoms with Crippen LogP contribution < -0.4 is 0 Å². The van der Waals surface area contributed by atoms with Crippen LogP contribution in [0.15, 0.2) is 29.3 Å². The maximum absolute atomic E-state index is 11.9. The number of carbonyl (C=O) groups is 1. The molecule has 1 fully saturated rings. The fraction of sp³-hybridized carbons (Fsp3) is 0.467. The summed E-state index contributed by atoms with van der Waals surface area (Å²) in [5, 5.41) is 12.4. The summed E-state index contributed by atoms with van der Waals surface area (Å²) in [6.45, 7) is 3.40. The van der Waals surface area contributed by atoms with Crippen LogP contribution in [0.3, 0.4) is 0 Å². The van der Waals surface area contributed by atoms with Gasteiger partial charge in [-0.05, 0) is 19.1 Å². The fourth-order valence-corrected chi connectivity index (χ4v) is 4.37. The first-order valence-electron chi connectivity index (χ1n) is 7.18. The Bertz CT molecular complexity index is 607. The molecule has 0 aromatic heterocycles. The normalized spacial score (nSPS) is 26.8. The standard InChI is InChI=1S/C15H17ClN2O3S/c1-2-21-13(19)9-12-15(20,10-3-5-11(16)6-4-10)18-8-7-17-14(18)22-12/h3-6,12,20H,2,7-9H2,1H3. The minimum Gasteiger partial charge on any atom is -0.466 e. The van der Waals surface area contributed by atoms with Crippen molar-refractivity contribution in [1.29, 1.82) is 0 Å². The maximum atomic E-state index is 11.9. The summed E-state index contributed by atoms with van der Waals surface area (Å²) in [7, 11) is 0. The van der Waals surface area contributed by atoms with Crippen LogP contribution in [0.1, 0.15) is 18.9 Å². The van der Waals surface area contributed by atoms with E-state index in [4.69, 9.17) is 16.3 Å². The number of fused-ring (bicyclic) bond motifs is 1. The number of hydrogen-bond donors (Lipinski definition) is 1. The summed E-state index contributed by atoms with van der Waals surface area (Å²) in [4.78, 5) is 18.1. The topological polar surface area (TPSA) is 62.1 Å². The Balaban J connectivity index is 1.94. The van der Waals surface area contributed by atoms with Crippen molar-refractivity contribution in [3.63, 3.8) is 0 Å². The van der Waals surface area contributed by atoms with Crippen molar-refractivity contribution in [1.82, 2.24) is 4.90 Å². The van der Waals surface area contributed by atoms with Gasteiger partial charge in [-0.1, -0.05) is 35.5 Å². The molecule has 2 atom stereocenters. The molecule has 0 saturated carbocycles. The summed E-state index contributed by atoms with van der Waals surface area (Å²) in [6, 6.07) is 7.07. The molecule has 2 unspecified atom stereocenters. The number of ether oxygens (including phenoxy) is 1. The molecule has 1 aromatic carbocycles. The monoisotopic (exact) mass is 340 g/mol. The van der Waals surface area contributed by atoms with E-state index in [0.29, 0.717) is 30.3 Å². The van der Waals surface area contributed by atoms with Gasteiger partial charge in [0.15, 0.2) is 10.9 Å². The van der Waals surface area contributed by atoms with Crippen LogP contribution >= 0.6 is 23.4 Å². The van der Waals surface area contributed by atoms with Crippen LogP contribution in [-0.4, -0.2) is 46.1 Å². The highest BCUT2D eigenvalue weighted by Gasteiger charge is 2.54. The van der Waals surface area contributed by atoms with Gasteiger partial charge in [-0.15, -0.1) is 0 Å². The quantitative estimate of drug-likeness (QED) is 0.852. The van der Waals surface area contributed by atoms with Crippen molar-refractivity contribution in [3.05, 3.63) is 34.9 Å². The van der Waals surface area contributed by atoms with Gasteiger partial charge in [0, 0.05) is 17.1 Å². The summed E-state index contributed by atoms with van der Waals surface area (Å²) in [6.07, 6.45) is 0.132. The van der Waals surface area contributed by atoms with E-state index in [9.17, 15) is 9.90 Å². The first-order chi connectivity index (χ1) is 10.6. The van der Waals surface area contributed by atoms with Crippen LogP contribution in [0, 0.1) is 0 Å². The van der Waals surface area contributed by atoms with E-state index in [1.165, 1.54) is 11.8 Å². The third-order valence-corrected chi connectivity index (χ3v) is 5.43. The molecule has 0 radical (unpaired) electrons. The zero-order valence-corrected chi connectivity index (χ0v) is 13.7. The molecule has 7 heteroatoms. The lowest BCUT2D eigenvalue weighted by atomic mass is 9.95. The van der Waals surface area contributed by atoms with E-state index in [1.807, 2.05) is 4.90 Å². The average molecular weight is 341 g/mol. The zero-order chi connectivity index (χ0) is 15.7. The number of carbonyl (C=O) groups excluding carboxylic acids is 1. The summed E-state index contributed by atoms with van der Waals surface area (Å²) < 4.78 is 5.03. The van der Waals surface area contributed by atoms with Gasteiger partial charge in [0.25, 0.3) is 0 Å². The first-order valence-corrected chi connectivity index (χ1v) is 8.44. The van der Waals surface area contributed by atoms with E-state index in [-0.39, 0.29) is 17.6 Å². The third-order valence-electron chi connectivity index (χ3n) is 3.84. The predicted molar refractivity (Wildman–Crippen MR) is 87.0 cm³/mol. The zero-order valence-electron chi connectivity index (χ0n) is 12.2. The van der Waals surface area contributed by atoms with Crippen molar-refractivity contribution in [2.45, 2.75) is 24.3 Å². The summed E-state index contributed by atoms with van der Waals surface area (Å²) in [5.41, 5.74) is -0.553. The lowest BCUT2D eigenvalue weighted by molar-refractivity contribution is -0.146. The van der Waals surface area contributed by atoms with Crippen LogP contribution in [0.2, 0.25) is 5.02 Å². The SMILES string of the molecule is CCOC(=O)CC1SC2=NCCN2C1(O)c1ccc(Cl)cc1. The number of rotatable bonds is 4. The van der Waals surface area contributed by atoms with Gasteiger partial charge < -0.3 is 14.7 Å². The Morgan fingerprint density at radius 2 is 2.27 bits per heavy atom. The predicted octanol–water partition coefficient (Wildman–Crippen LogP) is 2.23. The number of aliphatic imine (C=N–C) groups is 1. The highest BCUT2D eigenvalue weighted by atomic mass is 35.5. The number of nitrogens with zero attached hydrogens (tertiary/aromatic N) is 2. The molecular formula is C15H17ClN2O3S. The Morgan fingerprint density at radius 1 is 1.55 bits per heavy atom. The molecule has 118 valence electrons. The van der Waals surface area contributed by atoms with Crippen molar-refractivity contribution in [2.75, 3.05) is 19.7 Å². The summed E-state index contributed by atoms with van der Waals surface area (Å²) >= 11 is 7.37. The Labute approximate surface area is 138 Å². The molecule has 3 rings (SSSR count). The number of hydrogen-bond acceptors (Lipinski definition) is 6. The van der Waals surface area contributed by atoms with Gasteiger partial charge in [-0.3, -0.25) is 9.79 Å². The second-order valence-corrected chi connectivity index (χ2v) is 6.77. The molecule has 1 aromatic rings. The molecule has 1 N–H and O–H groups in total. The molecule has 0 aliphatic carbocycles. The second-order valence-electron chi connectivity index (χ2n) is 5.16. The molecule has 0 amide bonds. The molecule has 1 saturated heterocycles. The lowest BCUT2D eigenvalue weighted by Gasteiger charge is -2.36. The lowest BCUT2D eigenvalue weighted by Crippen LogP contribution is -2.48.